The Morgan fingerprint density at radius 2 is 2.22 bits per heavy atom. The van der Waals surface area contributed by atoms with Gasteiger partial charge in [-0.05, 0) is 30.9 Å². The number of benzene rings is 1. The van der Waals surface area contributed by atoms with Gasteiger partial charge in [0.05, 0.1) is 12.1 Å². The number of para-hydroxylation sites is 1. The molecule has 1 atom stereocenters. The van der Waals surface area contributed by atoms with E-state index in [9.17, 15) is 0 Å². The Bertz CT molecular complexity index is 535. The lowest BCUT2D eigenvalue weighted by Gasteiger charge is -2.40. The first kappa shape index (κ1) is 10.4. The molecule has 0 fully saturated rings. The van der Waals surface area contributed by atoms with Gasteiger partial charge in [-0.3, -0.25) is 4.99 Å². The first-order valence-corrected chi connectivity index (χ1v) is 6.96. The van der Waals surface area contributed by atoms with Gasteiger partial charge >= 0.3 is 0 Å². The second kappa shape index (κ2) is 3.50. The smallest absolute Gasteiger partial charge is 0.123 e. The Kier molecular flexibility index (Phi) is 2.02. The third-order valence-corrected chi connectivity index (χ3v) is 4.62. The number of aryl methyl sites for hydroxylation is 1. The van der Waals surface area contributed by atoms with Crippen LogP contribution in [0.15, 0.2) is 23.2 Å². The van der Waals surface area contributed by atoms with Gasteiger partial charge in [-0.15, -0.1) is 0 Å². The molecule has 1 N–H and O–H groups in total. The first-order valence-electron chi connectivity index (χ1n) is 6.96. The van der Waals surface area contributed by atoms with Crippen molar-refractivity contribution in [2.75, 3.05) is 24.5 Å². The lowest BCUT2D eigenvalue weighted by atomic mass is 9.95. The fourth-order valence-corrected chi connectivity index (χ4v) is 3.81. The normalized spacial score (nSPS) is 28.9. The minimum atomic E-state index is 0.0648. The van der Waals surface area contributed by atoms with E-state index < -0.39 is 0 Å². The van der Waals surface area contributed by atoms with Gasteiger partial charge in [0, 0.05) is 25.2 Å². The molecule has 1 aromatic rings. The molecule has 3 nitrogen and oxygen atoms in total. The van der Waals surface area contributed by atoms with Crippen molar-refractivity contribution in [3.8, 4) is 0 Å². The highest BCUT2D eigenvalue weighted by atomic mass is 15.3. The number of amidine groups is 1. The van der Waals surface area contributed by atoms with E-state index in [-0.39, 0.29) is 5.54 Å². The van der Waals surface area contributed by atoms with Crippen LogP contribution in [0.1, 0.15) is 24.5 Å². The molecule has 3 aliphatic rings. The van der Waals surface area contributed by atoms with Crippen molar-refractivity contribution in [2.45, 2.75) is 31.7 Å². The zero-order valence-electron chi connectivity index (χ0n) is 10.9. The second-order valence-electron chi connectivity index (χ2n) is 5.79. The molecule has 0 spiro atoms. The summed E-state index contributed by atoms with van der Waals surface area (Å²) in [5.41, 5.74) is 4.60. The molecule has 0 amide bonds. The molecule has 4 rings (SSSR count). The Hall–Kier alpha value is -1.51. The van der Waals surface area contributed by atoms with Gasteiger partial charge in [0.2, 0.25) is 0 Å². The maximum Gasteiger partial charge on any atom is 0.123 e. The molecule has 0 bridgehead atoms. The van der Waals surface area contributed by atoms with Crippen LogP contribution in [0.4, 0.5) is 5.69 Å². The number of anilines is 1. The van der Waals surface area contributed by atoms with E-state index >= 15 is 0 Å². The van der Waals surface area contributed by atoms with Gasteiger partial charge in [0.1, 0.15) is 5.84 Å². The number of hydrogen-bond acceptors (Lipinski definition) is 3. The molecular formula is C15H19N3. The molecule has 0 aromatic heterocycles. The highest BCUT2D eigenvalue weighted by Gasteiger charge is 2.46. The average molecular weight is 241 g/mol. The summed E-state index contributed by atoms with van der Waals surface area (Å²) in [5, 5.41) is 3.49. The average Bonchev–Trinajstić information content (AvgIpc) is 3.00. The van der Waals surface area contributed by atoms with Crippen LogP contribution in [-0.4, -0.2) is 31.0 Å². The van der Waals surface area contributed by atoms with Crippen molar-refractivity contribution >= 4 is 11.5 Å². The van der Waals surface area contributed by atoms with Gasteiger partial charge < -0.3 is 10.2 Å². The molecule has 0 aliphatic carbocycles. The highest BCUT2D eigenvalue weighted by Crippen LogP contribution is 2.44. The molecule has 3 aliphatic heterocycles. The van der Waals surface area contributed by atoms with E-state index in [0.29, 0.717) is 0 Å². The fourth-order valence-electron chi connectivity index (χ4n) is 3.81. The van der Waals surface area contributed by atoms with Crippen LogP contribution in [-0.2, 0) is 12.8 Å². The molecule has 3 heterocycles. The van der Waals surface area contributed by atoms with E-state index in [4.69, 9.17) is 0 Å². The van der Waals surface area contributed by atoms with Crippen LogP contribution in [0.2, 0.25) is 0 Å². The molecule has 0 radical (unpaired) electrons. The lowest BCUT2D eigenvalue weighted by Crippen LogP contribution is -2.55. The third-order valence-electron chi connectivity index (χ3n) is 4.62. The molecule has 0 saturated carbocycles. The van der Waals surface area contributed by atoms with Crippen LogP contribution in [0.25, 0.3) is 0 Å². The Morgan fingerprint density at radius 3 is 3.06 bits per heavy atom. The quantitative estimate of drug-likeness (QED) is 0.811. The largest absolute Gasteiger partial charge is 0.370 e. The minimum absolute atomic E-state index is 0.0648. The third kappa shape index (κ3) is 1.22. The first-order chi connectivity index (χ1) is 8.79. The van der Waals surface area contributed by atoms with E-state index in [1.54, 1.807) is 0 Å². The monoisotopic (exact) mass is 241 g/mol. The van der Waals surface area contributed by atoms with E-state index in [0.717, 1.165) is 19.5 Å². The summed E-state index contributed by atoms with van der Waals surface area (Å²) in [6.45, 7) is 5.45. The lowest BCUT2D eigenvalue weighted by molar-refractivity contribution is 0.544. The van der Waals surface area contributed by atoms with Gasteiger partial charge in [-0.25, -0.2) is 0 Å². The summed E-state index contributed by atoms with van der Waals surface area (Å²) in [6.07, 6.45) is 3.59. The van der Waals surface area contributed by atoms with Crippen molar-refractivity contribution in [1.29, 1.82) is 0 Å². The molecule has 1 unspecified atom stereocenters. The fraction of sp³-hybridized carbons (Fsp3) is 0.533. The van der Waals surface area contributed by atoms with E-state index in [1.165, 1.54) is 42.0 Å². The topological polar surface area (TPSA) is 27.6 Å². The Morgan fingerprint density at radius 1 is 1.33 bits per heavy atom. The minimum Gasteiger partial charge on any atom is -0.370 e. The molecule has 18 heavy (non-hydrogen) atoms. The summed E-state index contributed by atoms with van der Waals surface area (Å²) in [5.74, 6) is 1.20. The number of nitrogens with zero attached hydrogens (tertiary/aromatic N) is 2. The summed E-state index contributed by atoms with van der Waals surface area (Å²) >= 11 is 0. The maximum absolute atomic E-state index is 4.69. The molecule has 3 heteroatoms. The van der Waals surface area contributed by atoms with Gasteiger partial charge in [-0.1, -0.05) is 18.2 Å². The van der Waals surface area contributed by atoms with Crippen molar-refractivity contribution in [2.24, 2.45) is 4.99 Å². The summed E-state index contributed by atoms with van der Waals surface area (Å²) in [7, 11) is 0. The zero-order chi connectivity index (χ0) is 12.2. The van der Waals surface area contributed by atoms with Crippen LogP contribution in [0.5, 0.6) is 0 Å². The summed E-state index contributed by atoms with van der Waals surface area (Å²) < 4.78 is 0. The van der Waals surface area contributed by atoms with Crippen LogP contribution in [0.3, 0.4) is 0 Å². The number of nitrogens with one attached hydrogen (secondary N) is 1. The predicted molar refractivity (Wildman–Crippen MR) is 74.5 cm³/mol. The Labute approximate surface area is 108 Å². The number of hydrogen-bond donors (Lipinski definition) is 1. The zero-order valence-corrected chi connectivity index (χ0v) is 10.9. The number of rotatable bonds is 1. The van der Waals surface area contributed by atoms with Gasteiger partial charge in [-0.2, -0.15) is 0 Å². The van der Waals surface area contributed by atoms with Crippen LogP contribution >= 0.6 is 0 Å². The van der Waals surface area contributed by atoms with Crippen LogP contribution < -0.4 is 10.2 Å². The van der Waals surface area contributed by atoms with Gasteiger partial charge in [0.25, 0.3) is 0 Å². The van der Waals surface area contributed by atoms with Crippen molar-refractivity contribution in [1.82, 2.24) is 5.32 Å². The highest BCUT2D eigenvalue weighted by molar-refractivity contribution is 5.98. The standard InChI is InChI=1S/C15H19N3/c1-15(14-16-7-8-17-14)10-12-5-2-4-11-6-3-9-18(15)13(11)12/h2,4-5H,3,6-10H2,1H3,(H,16,17). The summed E-state index contributed by atoms with van der Waals surface area (Å²) in [6, 6.07) is 6.80. The maximum atomic E-state index is 4.69. The van der Waals surface area contributed by atoms with E-state index in [1.807, 2.05) is 0 Å². The molecule has 94 valence electrons. The number of aliphatic imine (C=N–C) groups is 1. The molecular weight excluding hydrogens is 222 g/mol. The van der Waals surface area contributed by atoms with Crippen LogP contribution in [0, 0.1) is 0 Å². The van der Waals surface area contributed by atoms with Crippen molar-refractivity contribution < 1.29 is 0 Å². The second-order valence-corrected chi connectivity index (χ2v) is 5.79. The predicted octanol–water partition coefficient (Wildman–Crippen LogP) is 1.76. The van der Waals surface area contributed by atoms with Gasteiger partial charge in [0.15, 0.2) is 0 Å². The van der Waals surface area contributed by atoms with Crippen molar-refractivity contribution in [3.05, 3.63) is 29.3 Å². The van der Waals surface area contributed by atoms with Crippen molar-refractivity contribution in [3.63, 3.8) is 0 Å². The molecule has 1 aromatic carbocycles. The summed E-state index contributed by atoms with van der Waals surface area (Å²) in [4.78, 5) is 7.28. The van der Waals surface area contributed by atoms with E-state index in [2.05, 4.69) is 40.3 Å². The Balaban J connectivity index is 1.85. The molecule has 0 saturated heterocycles. The SMILES string of the molecule is CC1(C2=NCCN2)Cc2cccc3c2N1CCC3.